The Bertz CT molecular complexity index is 598. The van der Waals surface area contributed by atoms with E-state index in [9.17, 15) is 13.2 Å². The molecule has 0 spiro atoms. The lowest BCUT2D eigenvalue weighted by molar-refractivity contribution is 0.0691. The standard InChI is InChI=1S/C14H20N2O3S/c1-3-8-16(12-7-9-20(18,19)10-12)14(17)13-6-4-5-11(2)15-13/h4-6,12H,3,7-10H2,1-2H3/t12-/m1/s1. The van der Waals surface area contributed by atoms with E-state index in [1.54, 1.807) is 17.0 Å². The third-order valence-corrected chi connectivity index (χ3v) is 5.23. The first-order valence-corrected chi connectivity index (χ1v) is 8.70. The van der Waals surface area contributed by atoms with Gasteiger partial charge in [-0.1, -0.05) is 13.0 Å². The van der Waals surface area contributed by atoms with E-state index in [-0.39, 0.29) is 23.5 Å². The molecule has 1 aliphatic rings. The summed E-state index contributed by atoms with van der Waals surface area (Å²) in [4.78, 5) is 18.5. The molecule has 1 aromatic rings. The van der Waals surface area contributed by atoms with Crippen LogP contribution in [0.2, 0.25) is 0 Å². The number of aryl methyl sites for hydroxylation is 1. The van der Waals surface area contributed by atoms with E-state index in [2.05, 4.69) is 4.98 Å². The highest BCUT2D eigenvalue weighted by atomic mass is 32.2. The first kappa shape index (κ1) is 15.0. The molecule has 2 rings (SSSR count). The van der Waals surface area contributed by atoms with Gasteiger partial charge in [0.1, 0.15) is 5.69 Å². The van der Waals surface area contributed by atoms with Crippen LogP contribution in [-0.2, 0) is 9.84 Å². The van der Waals surface area contributed by atoms with Gasteiger partial charge in [-0.3, -0.25) is 4.79 Å². The van der Waals surface area contributed by atoms with Crippen molar-refractivity contribution in [1.29, 1.82) is 0 Å². The van der Waals surface area contributed by atoms with Crippen molar-refractivity contribution in [3.05, 3.63) is 29.6 Å². The molecule has 1 aromatic heterocycles. The zero-order chi connectivity index (χ0) is 14.8. The van der Waals surface area contributed by atoms with E-state index in [4.69, 9.17) is 0 Å². The molecule has 110 valence electrons. The minimum Gasteiger partial charge on any atom is -0.333 e. The second kappa shape index (κ2) is 5.91. The van der Waals surface area contributed by atoms with Gasteiger partial charge in [-0.25, -0.2) is 13.4 Å². The van der Waals surface area contributed by atoms with Crippen molar-refractivity contribution in [3.8, 4) is 0 Å². The van der Waals surface area contributed by atoms with Crippen LogP contribution >= 0.6 is 0 Å². The molecule has 1 fully saturated rings. The molecule has 1 saturated heterocycles. The highest BCUT2D eigenvalue weighted by Crippen LogP contribution is 2.20. The highest BCUT2D eigenvalue weighted by Gasteiger charge is 2.34. The van der Waals surface area contributed by atoms with E-state index < -0.39 is 9.84 Å². The Morgan fingerprint density at radius 2 is 2.20 bits per heavy atom. The monoisotopic (exact) mass is 296 g/mol. The van der Waals surface area contributed by atoms with Gasteiger partial charge in [0, 0.05) is 18.3 Å². The smallest absolute Gasteiger partial charge is 0.272 e. The molecule has 5 nitrogen and oxygen atoms in total. The van der Waals surface area contributed by atoms with Gasteiger partial charge in [0.2, 0.25) is 0 Å². The number of hydrogen-bond acceptors (Lipinski definition) is 4. The third kappa shape index (κ3) is 3.36. The minimum atomic E-state index is -3.00. The third-order valence-electron chi connectivity index (χ3n) is 3.48. The molecule has 1 atom stereocenters. The van der Waals surface area contributed by atoms with E-state index in [0.29, 0.717) is 18.7 Å². The molecule has 0 aliphatic carbocycles. The predicted molar refractivity (Wildman–Crippen MR) is 77.4 cm³/mol. The lowest BCUT2D eigenvalue weighted by Crippen LogP contribution is -2.42. The van der Waals surface area contributed by atoms with Crippen molar-refractivity contribution in [2.24, 2.45) is 0 Å². The summed E-state index contributed by atoms with van der Waals surface area (Å²) < 4.78 is 23.2. The summed E-state index contributed by atoms with van der Waals surface area (Å²) in [5.74, 6) is 0.0781. The van der Waals surface area contributed by atoms with Gasteiger partial charge < -0.3 is 4.90 Å². The number of nitrogens with zero attached hydrogens (tertiary/aromatic N) is 2. The number of rotatable bonds is 4. The Kier molecular flexibility index (Phi) is 4.42. The van der Waals surface area contributed by atoms with Crippen LogP contribution in [0.25, 0.3) is 0 Å². The Labute approximate surface area is 119 Å². The maximum absolute atomic E-state index is 12.6. The number of aromatic nitrogens is 1. The number of pyridine rings is 1. The molecule has 0 aromatic carbocycles. The fraction of sp³-hybridized carbons (Fsp3) is 0.571. The van der Waals surface area contributed by atoms with Gasteiger partial charge in [-0.15, -0.1) is 0 Å². The fourth-order valence-corrected chi connectivity index (χ4v) is 4.25. The van der Waals surface area contributed by atoms with E-state index in [1.165, 1.54) is 0 Å². The second-order valence-corrected chi connectivity index (χ2v) is 7.45. The molecule has 1 aliphatic heterocycles. The maximum Gasteiger partial charge on any atom is 0.272 e. The summed E-state index contributed by atoms with van der Waals surface area (Å²) in [6.07, 6.45) is 1.33. The van der Waals surface area contributed by atoms with Crippen LogP contribution in [0.1, 0.15) is 35.9 Å². The second-order valence-electron chi connectivity index (χ2n) is 5.22. The molecule has 0 N–H and O–H groups in total. The van der Waals surface area contributed by atoms with Crippen LogP contribution in [0.3, 0.4) is 0 Å². The molecule has 0 radical (unpaired) electrons. The summed E-state index contributed by atoms with van der Waals surface area (Å²) >= 11 is 0. The van der Waals surface area contributed by atoms with Crippen LogP contribution in [0.4, 0.5) is 0 Å². The Hall–Kier alpha value is -1.43. The van der Waals surface area contributed by atoms with E-state index >= 15 is 0 Å². The summed E-state index contributed by atoms with van der Waals surface area (Å²) in [7, 11) is -3.00. The van der Waals surface area contributed by atoms with E-state index in [0.717, 1.165) is 12.1 Å². The first-order chi connectivity index (χ1) is 9.43. The number of hydrogen-bond donors (Lipinski definition) is 0. The molecular formula is C14H20N2O3S. The lowest BCUT2D eigenvalue weighted by Gasteiger charge is -2.27. The van der Waals surface area contributed by atoms with Crippen LogP contribution in [-0.4, -0.2) is 48.3 Å². The van der Waals surface area contributed by atoms with Crippen molar-refractivity contribution in [1.82, 2.24) is 9.88 Å². The zero-order valence-corrected chi connectivity index (χ0v) is 12.7. The van der Waals surface area contributed by atoms with Gasteiger partial charge >= 0.3 is 0 Å². The van der Waals surface area contributed by atoms with Crippen molar-refractivity contribution < 1.29 is 13.2 Å². The van der Waals surface area contributed by atoms with Gasteiger partial charge in [0.05, 0.1) is 11.5 Å². The summed E-state index contributed by atoms with van der Waals surface area (Å²) in [6, 6.07) is 5.10. The molecule has 6 heteroatoms. The average molecular weight is 296 g/mol. The minimum absolute atomic E-state index is 0.0740. The normalized spacial score (nSPS) is 20.8. The summed E-state index contributed by atoms with van der Waals surface area (Å²) in [5, 5.41) is 0. The van der Waals surface area contributed by atoms with Crippen LogP contribution in [0.15, 0.2) is 18.2 Å². The molecule has 0 saturated carbocycles. The van der Waals surface area contributed by atoms with E-state index in [1.807, 2.05) is 19.9 Å². The maximum atomic E-state index is 12.6. The Balaban J connectivity index is 2.22. The highest BCUT2D eigenvalue weighted by molar-refractivity contribution is 7.91. The number of carbonyl (C=O) groups excluding carboxylic acids is 1. The summed E-state index contributed by atoms with van der Waals surface area (Å²) in [5.41, 5.74) is 1.18. The molecule has 1 amide bonds. The molecule has 2 heterocycles. The quantitative estimate of drug-likeness (QED) is 0.843. The topological polar surface area (TPSA) is 67.3 Å². The van der Waals surface area contributed by atoms with Crippen molar-refractivity contribution in [2.45, 2.75) is 32.7 Å². The van der Waals surface area contributed by atoms with Gasteiger partial charge in [-0.05, 0) is 31.9 Å². The predicted octanol–water partition coefficient (Wildman–Crippen LogP) is 1.43. The fourth-order valence-electron chi connectivity index (χ4n) is 2.52. The SMILES string of the molecule is CCCN(C(=O)c1cccc(C)n1)[C@@H]1CCS(=O)(=O)C1. The average Bonchev–Trinajstić information content (AvgIpc) is 2.75. The molecule has 20 heavy (non-hydrogen) atoms. The van der Waals surface area contributed by atoms with Crippen molar-refractivity contribution >= 4 is 15.7 Å². The van der Waals surface area contributed by atoms with Gasteiger partial charge in [0.15, 0.2) is 9.84 Å². The summed E-state index contributed by atoms with van der Waals surface area (Å²) in [6.45, 7) is 4.38. The number of carbonyl (C=O) groups is 1. The number of amides is 1. The number of sulfone groups is 1. The van der Waals surface area contributed by atoms with Crippen LogP contribution < -0.4 is 0 Å². The molecular weight excluding hydrogens is 276 g/mol. The van der Waals surface area contributed by atoms with Gasteiger partial charge in [-0.2, -0.15) is 0 Å². The lowest BCUT2D eigenvalue weighted by atomic mass is 10.2. The van der Waals surface area contributed by atoms with Crippen molar-refractivity contribution in [3.63, 3.8) is 0 Å². The zero-order valence-electron chi connectivity index (χ0n) is 11.9. The molecule has 0 bridgehead atoms. The van der Waals surface area contributed by atoms with Crippen molar-refractivity contribution in [2.75, 3.05) is 18.1 Å². The molecule has 0 unspecified atom stereocenters. The van der Waals surface area contributed by atoms with Gasteiger partial charge in [0.25, 0.3) is 5.91 Å². The van der Waals surface area contributed by atoms with Crippen LogP contribution in [0, 0.1) is 6.92 Å². The Morgan fingerprint density at radius 3 is 2.75 bits per heavy atom. The van der Waals surface area contributed by atoms with Crippen LogP contribution in [0.5, 0.6) is 0 Å². The first-order valence-electron chi connectivity index (χ1n) is 6.88. The largest absolute Gasteiger partial charge is 0.333 e. The Morgan fingerprint density at radius 1 is 1.45 bits per heavy atom.